The lowest BCUT2D eigenvalue weighted by Crippen LogP contribution is -2.44. The Labute approximate surface area is 159 Å². The topological polar surface area (TPSA) is 70.6 Å². The first-order chi connectivity index (χ1) is 11.9. The zero-order chi connectivity index (χ0) is 18.3. The predicted molar refractivity (Wildman–Crippen MR) is 108 cm³/mol. The lowest BCUT2D eigenvalue weighted by molar-refractivity contribution is 0.516. The van der Waals surface area contributed by atoms with Crippen LogP contribution >= 0.6 is 15.9 Å². The molecule has 2 N–H and O–H groups in total. The minimum absolute atomic E-state index is 0.0343. The highest BCUT2D eigenvalue weighted by Crippen LogP contribution is 2.17. The van der Waals surface area contributed by atoms with Gasteiger partial charge in [0.2, 0.25) is 0 Å². The highest BCUT2D eigenvalue weighted by Gasteiger charge is 2.28. The molecule has 2 rings (SSSR count). The summed E-state index contributed by atoms with van der Waals surface area (Å²) in [4.78, 5) is 4.70. The maximum atomic E-state index is 11.6. The standard InChI is InChI=1S/C18H28BrN3O2S/c1-3-14(10-15-6-5-7-16(19)11-15)12-21-18(20-4-2)22-17-8-9-25(23,24)13-17/h5-7,11,14,17H,3-4,8-10,12-13H2,1-2H3,(H2,20,21,22). The fraction of sp³-hybridized carbons (Fsp3) is 0.611. The molecule has 1 saturated heterocycles. The first-order valence-electron chi connectivity index (χ1n) is 8.91. The van der Waals surface area contributed by atoms with E-state index in [-0.39, 0.29) is 17.5 Å². The summed E-state index contributed by atoms with van der Waals surface area (Å²) in [6, 6.07) is 8.35. The van der Waals surface area contributed by atoms with E-state index in [2.05, 4.69) is 51.7 Å². The summed E-state index contributed by atoms with van der Waals surface area (Å²) in [5.41, 5.74) is 1.30. The second-order valence-electron chi connectivity index (χ2n) is 6.57. The summed E-state index contributed by atoms with van der Waals surface area (Å²) < 4.78 is 24.3. The van der Waals surface area contributed by atoms with Crippen LogP contribution in [0, 0.1) is 5.92 Å². The van der Waals surface area contributed by atoms with Crippen molar-refractivity contribution in [3.63, 3.8) is 0 Å². The quantitative estimate of drug-likeness (QED) is 0.516. The number of hydrogen-bond acceptors (Lipinski definition) is 3. The molecule has 2 atom stereocenters. The number of halogens is 1. The number of sulfone groups is 1. The van der Waals surface area contributed by atoms with Crippen LogP contribution in [0.25, 0.3) is 0 Å². The number of hydrogen-bond donors (Lipinski definition) is 2. The summed E-state index contributed by atoms with van der Waals surface area (Å²) in [6.07, 6.45) is 2.69. The fourth-order valence-electron chi connectivity index (χ4n) is 2.98. The molecule has 0 spiro atoms. The van der Waals surface area contributed by atoms with Crippen LogP contribution in [0.3, 0.4) is 0 Å². The highest BCUT2D eigenvalue weighted by molar-refractivity contribution is 9.10. The molecule has 0 aromatic heterocycles. The molecule has 1 fully saturated rings. The van der Waals surface area contributed by atoms with E-state index in [0.29, 0.717) is 12.3 Å². The van der Waals surface area contributed by atoms with E-state index in [1.807, 2.05) is 13.0 Å². The third-order valence-electron chi connectivity index (χ3n) is 4.42. The molecular weight excluding hydrogens is 402 g/mol. The van der Waals surface area contributed by atoms with Crippen LogP contribution in [0.2, 0.25) is 0 Å². The largest absolute Gasteiger partial charge is 0.357 e. The molecule has 1 heterocycles. The van der Waals surface area contributed by atoms with Crippen molar-refractivity contribution in [2.45, 2.75) is 39.2 Å². The van der Waals surface area contributed by atoms with E-state index >= 15 is 0 Å². The number of nitrogens with zero attached hydrogens (tertiary/aromatic N) is 1. The Bertz CT molecular complexity index is 691. The lowest BCUT2D eigenvalue weighted by atomic mass is 9.97. The van der Waals surface area contributed by atoms with Crippen molar-refractivity contribution < 1.29 is 8.42 Å². The highest BCUT2D eigenvalue weighted by atomic mass is 79.9. The molecule has 0 saturated carbocycles. The van der Waals surface area contributed by atoms with Crippen LogP contribution in [0.5, 0.6) is 0 Å². The third kappa shape index (κ3) is 6.98. The van der Waals surface area contributed by atoms with E-state index in [1.165, 1.54) is 5.56 Å². The van der Waals surface area contributed by atoms with Gasteiger partial charge in [0.15, 0.2) is 15.8 Å². The minimum atomic E-state index is -2.89. The van der Waals surface area contributed by atoms with Gasteiger partial charge in [0.25, 0.3) is 0 Å². The van der Waals surface area contributed by atoms with E-state index < -0.39 is 9.84 Å². The van der Waals surface area contributed by atoms with Gasteiger partial charge in [0, 0.05) is 23.6 Å². The molecule has 1 aliphatic rings. The van der Waals surface area contributed by atoms with E-state index in [4.69, 9.17) is 4.99 Å². The maximum Gasteiger partial charge on any atom is 0.191 e. The molecule has 0 bridgehead atoms. The molecule has 5 nitrogen and oxygen atoms in total. The lowest BCUT2D eigenvalue weighted by Gasteiger charge is -2.18. The maximum absolute atomic E-state index is 11.6. The van der Waals surface area contributed by atoms with Gasteiger partial charge in [-0.3, -0.25) is 4.99 Å². The Morgan fingerprint density at radius 2 is 2.20 bits per heavy atom. The zero-order valence-corrected chi connectivity index (χ0v) is 17.4. The van der Waals surface area contributed by atoms with Crippen molar-refractivity contribution in [1.82, 2.24) is 10.6 Å². The van der Waals surface area contributed by atoms with Gasteiger partial charge in [0.05, 0.1) is 11.5 Å². The van der Waals surface area contributed by atoms with E-state index in [0.717, 1.165) is 36.4 Å². The molecule has 1 aliphatic heterocycles. The van der Waals surface area contributed by atoms with Gasteiger partial charge in [-0.2, -0.15) is 0 Å². The van der Waals surface area contributed by atoms with Crippen LogP contribution < -0.4 is 10.6 Å². The Balaban J connectivity index is 1.95. The molecule has 7 heteroatoms. The summed E-state index contributed by atoms with van der Waals surface area (Å²) in [5, 5.41) is 6.50. The summed E-state index contributed by atoms with van der Waals surface area (Å²) in [6.45, 7) is 5.68. The second-order valence-corrected chi connectivity index (χ2v) is 9.72. The van der Waals surface area contributed by atoms with Crippen LogP contribution in [-0.4, -0.2) is 45.0 Å². The molecule has 0 aliphatic carbocycles. The molecule has 0 amide bonds. The zero-order valence-electron chi connectivity index (χ0n) is 15.0. The smallest absolute Gasteiger partial charge is 0.191 e. The van der Waals surface area contributed by atoms with Crippen LogP contribution in [0.4, 0.5) is 0 Å². The summed E-state index contributed by atoms with van der Waals surface area (Å²) in [7, 11) is -2.89. The molecule has 0 radical (unpaired) electrons. The number of aliphatic imine (C=N–C) groups is 1. The predicted octanol–water partition coefficient (Wildman–Crippen LogP) is 2.76. The molecule has 2 unspecified atom stereocenters. The van der Waals surface area contributed by atoms with Crippen molar-refractivity contribution in [3.05, 3.63) is 34.3 Å². The average Bonchev–Trinajstić information content (AvgIpc) is 2.90. The number of rotatable bonds is 7. The van der Waals surface area contributed by atoms with Gasteiger partial charge in [-0.25, -0.2) is 8.42 Å². The number of benzene rings is 1. The Kier molecular flexibility index (Phi) is 7.75. The van der Waals surface area contributed by atoms with Crippen molar-refractivity contribution in [2.75, 3.05) is 24.6 Å². The third-order valence-corrected chi connectivity index (χ3v) is 6.68. The number of nitrogens with one attached hydrogen (secondary N) is 2. The van der Waals surface area contributed by atoms with Crippen LogP contribution in [-0.2, 0) is 16.3 Å². The molecule has 1 aromatic carbocycles. The molecule has 140 valence electrons. The van der Waals surface area contributed by atoms with Crippen molar-refractivity contribution in [3.8, 4) is 0 Å². The van der Waals surface area contributed by atoms with Crippen LogP contribution in [0.15, 0.2) is 33.7 Å². The normalized spacial score (nSPS) is 21.1. The minimum Gasteiger partial charge on any atom is -0.357 e. The summed E-state index contributed by atoms with van der Waals surface area (Å²) >= 11 is 3.52. The Hall–Kier alpha value is -1.08. The first kappa shape index (κ1) is 20.2. The Morgan fingerprint density at radius 1 is 1.40 bits per heavy atom. The van der Waals surface area contributed by atoms with Gasteiger partial charge in [-0.15, -0.1) is 0 Å². The summed E-state index contributed by atoms with van der Waals surface area (Å²) in [5.74, 6) is 1.64. The number of guanidine groups is 1. The van der Waals surface area contributed by atoms with E-state index in [9.17, 15) is 8.42 Å². The average molecular weight is 430 g/mol. The molecule has 1 aromatic rings. The first-order valence-corrected chi connectivity index (χ1v) is 11.5. The SMILES string of the molecule is CCNC(=NCC(CC)Cc1cccc(Br)c1)NC1CCS(=O)(=O)C1. The monoisotopic (exact) mass is 429 g/mol. The van der Waals surface area contributed by atoms with Gasteiger partial charge in [-0.1, -0.05) is 41.4 Å². The van der Waals surface area contributed by atoms with Crippen molar-refractivity contribution in [1.29, 1.82) is 0 Å². The molecular formula is C18H28BrN3O2S. The van der Waals surface area contributed by atoms with Crippen molar-refractivity contribution >= 4 is 31.7 Å². The van der Waals surface area contributed by atoms with Crippen molar-refractivity contribution in [2.24, 2.45) is 10.9 Å². The van der Waals surface area contributed by atoms with Gasteiger partial charge in [0.1, 0.15) is 0 Å². The molecule has 25 heavy (non-hydrogen) atoms. The van der Waals surface area contributed by atoms with Gasteiger partial charge >= 0.3 is 0 Å². The van der Waals surface area contributed by atoms with E-state index in [1.54, 1.807) is 0 Å². The van der Waals surface area contributed by atoms with Gasteiger partial charge < -0.3 is 10.6 Å². The van der Waals surface area contributed by atoms with Gasteiger partial charge in [-0.05, 0) is 43.4 Å². The fourth-order valence-corrected chi connectivity index (χ4v) is 5.10. The Morgan fingerprint density at radius 3 is 2.80 bits per heavy atom. The second kappa shape index (κ2) is 9.57. The van der Waals surface area contributed by atoms with Crippen LogP contribution in [0.1, 0.15) is 32.3 Å².